The topological polar surface area (TPSA) is 12.9 Å². The van der Waals surface area contributed by atoms with Gasteiger partial charge in [-0.1, -0.05) is 40.5 Å². The molecule has 0 spiro atoms. The lowest BCUT2D eigenvalue weighted by Gasteiger charge is -2.25. The van der Waals surface area contributed by atoms with Gasteiger partial charge in [-0.2, -0.15) is 0 Å². The molecule has 0 amide bonds. The van der Waals surface area contributed by atoms with Crippen molar-refractivity contribution in [1.29, 1.82) is 0 Å². The molecule has 0 aliphatic heterocycles. The van der Waals surface area contributed by atoms with Crippen molar-refractivity contribution in [1.82, 2.24) is 4.98 Å². The first kappa shape index (κ1) is 12.1. The molecule has 0 saturated heterocycles. The third kappa shape index (κ3) is 2.65. The van der Waals surface area contributed by atoms with Crippen LogP contribution in [-0.4, -0.2) is 4.98 Å². The maximum Gasteiger partial charge on any atom is 0.0981 e. The highest BCUT2D eigenvalue weighted by Crippen LogP contribution is 2.39. The third-order valence-electron chi connectivity index (χ3n) is 3.58. The Hall–Kier alpha value is -0.370. The first-order chi connectivity index (χ1) is 7.47. The smallest absolute Gasteiger partial charge is 0.0981 e. The minimum absolute atomic E-state index is 0.213. The summed E-state index contributed by atoms with van der Waals surface area (Å²) in [5.74, 6) is 1.73. The van der Waals surface area contributed by atoms with Gasteiger partial charge >= 0.3 is 0 Å². The molecule has 1 aromatic heterocycles. The number of aromatic nitrogens is 1. The molecule has 1 heterocycles. The molecule has 0 unspecified atom stereocenters. The predicted molar refractivity (Wildman–Crippen MR) is 71.2 cm³/mol. The Bertz CT molecular complexity index is 340. The average Bonchev–Trinajstić information content (AvgIpc) is 2.67. The maximum absolute atomic E-state index is 4.60. The lowest BCUT2D eigenvalue weighted by Crippen LogP contribution is -2.10. The second-order valence-corrected chi connectivity index (χ2v) is 7.34. The van der Waals surface area contributed by atoms with Crippen molar-refractivity contribution in [2.24, 2.45) is 5.92 Å². The fraction of sp³-hybridized carbons (Fsp3) is 0.786. The lowest BCUT2D eigenvalue weighted by atomic mass is 9.82. The molecule has 1 nitrogen and oxygen atoms in total. The van der Waals surface area contributed by atoms with Gasteiger partial charge in [0.2, 0.25) is 0 Å². The van der Waals surface area contributed by atoms with Crippen LogP contribution in [0.2, 0.25) is 0 Å². The highest BCUT2D eigenvalue weighted by molar-refractivity contribution is 7.11. The van der Waals surface area contributed by atoms with Gasteiger partial charge in [0.25, 0.3) is 0 Å². The number of thiazole rings is 1. The summed E-state index contributed by atoms with van der Waals surface area (Å²) in [6, 6.07) is 0. The number of rotatable bonds is 1. The van der Waals surface area contributed by atoms with E-state index >= 15 is 0 Å². The third-order valence-corrected chi connectivity index (χ3v) is 5.17. The molecule has 1 aliphatic rings. The first-order valence-electron chi connectivity index (χ1n) is 6.43. The van der Waals surface area contributed by atoms with E-state index in [-0.39, 0.29) is 5.41 Å². The van der Waals surface area contributed by atoms with Crippen molar-refractivity contribution < 1.29 is 0 Å². The molecule has 2 rings (SSSR count). The standard InChI is InChI=1S/C14H23NS/c1-10-5-7-11(8-6-10)12-9-15-13(16-12)14(2,3)4/h9-11H,5-8H2,1-4H3/t10-,11-. The molecule has 0 aromatic carbocycles. The summed E-state index contributed by atoms with van der Waals surface area (Å²) in [6.07, 6.45) is 7.66. The quantitative estimate of drug-likeness (QED) is 0.688. The zero-order valence-electron chi connectivity index (χ0n) is 10.9. The van der Waals surface area contributed by atoms with E-state index in [2.05, 4.69) is 38.9 Å². The van der Waals surface area contributed by atoms with E-state index in [1.807, 2.05) is 11.3 Å². The van der Waals surface area contributed by atoms with E-state index in [0.717, 1.165) is 11.8 Å². The molecule has 0 atom stereocenters. The summed E-state index contributed by atoms with van der Waals surface area (Å²) in [6.45, 7) is 9.12. The number of hydrogen-bond donors (Lipinski definition) is 0. The van der Waals surface area contributed by atoms with E-state index in [1.165, 1.54) is 35.6 Å². The highest BCUT2D eigenvalue weighted by Gasteiger charge is 2.24. The molecule has 1 saturated carbocycles. The van der Waals surface area contributed by atoms with Gasteiger partial charge in [-0.15, -0.1) is 11.3 Å². The fourth-order valence-electron chi connectivity index (χ4n) is 2.37. The van der Waals surface area contributed by atoms with Crippen LogP contribution in [0.1, 0.15) is 69.2 Å². The van der Waals surface area contributed by atoms with E-state index in [9.17, 15) is 0 Å². The predicted octanol–water partition coefficient (Wildman–Crippen LogP) is 4.73. The maximum atomic E-state index is 4.60. The average molecular weight is 237 g/mol. The Morgan fingerprint density at radius 3 is 2.31 bits per heavy atom. The zero-order chi connectivity index (χ0) is 11.8. The summed E-state index contributed by atoms with van der Waals surface area (Å²) in [5, 5.41) is 1.29. The van der Waals surface area contributed by atoms with Crippen LogP contribution in [0.4, 0.5) is 0 Å². The molecule has 90 valence electrons. The van der Waals surface area contributed by atoms with Gasteiger partial charge in [0.05, 0.1) is 5.01 Å². The van der Waals surface area contributed by atoms with Crippen LogP contribution in [0.15, 0.2) is 6.20 Å². The molecular formula is C14H23NS. The van der Waals surface area contributed by atoms with Crippen LogP contribution >= 0.6 is 11.3 Å². The second kappa shape index (κ2) is 4.48. The number of nitrogens with zero attached hydrogens (tertiary/aromatic N) is 1. The van der Waals surface area contributed by atoms with Gasteiger partial charge in [-0.3, -0.25) is 0 Å². The summed E-state index contributed by atoms with van der Waals surface area (Å²) in [7, 11) is 0. The van der Waals surface area contributed by atoms with Gasteiger partial charge in [-0.05, 0) is 24.7 Å². The Kier molecular flexibility index (Phi) is 3.39. The molecule has 1 aromatic rings. The van der Waals surface area contributed by atoms with Crippen molar-refractivity contribution >= 4 is 11.3 Å². The Morgan fingerprint density at radius 1 is 1.19 bits per heavy atom. The molecular weight excluding hydrogens is 214 g/mol. The highest BCUT2D eigenvalue weighted by atomic mass is 32.1. The molecule has 16 heavy (non-hydrogen) atoms. The summed E-state index contributed by atoms with van der Waals surface area (Å²) in [5.41, 5.74) is 0.213. The van der Waals surface area contributed by atoms with Gasteiger partial charge in [-0.25, -0.2) is 4.98 Å². The largest absolute Gasteiger partial charge is 0.249 e. The van der Waals surface area contributed by atoms with Crippen LogP contribution in [0, 0.1) is 5.92 Å². The minimum atomic E-state index is 0.213. The van der Waals surface area contributed by atoms with Crippen molar-refractivity contribution in [3.05, 3.63) is 16.1 Å². The fourth-order valence-corrected chi connectivity index (χ4v) is 3.51. The van der Waals surface area contributed by atoms with E-state index in [1.54, 1.807) is 0 Å². The minimum Gasteiger partial charge on any atom is -0.249 e. The van der Waals surface area contributed by atoms with E-state index in [0.29, 0.717) is 0 Å². The number of hydrogen-bond acceptors (Lipinski definition) is 2. The van der Waals surface area contributed by atoms with E-state index < -0.39 is 0 Å². The SMILES string of the molecule is CC(C)(C)c1ncc([C@H]2CC[C@H](C)CC2)s1. The molecule has 1 fully saturated rings. The van der Waals surface area contributed by atoms with Crippen molar-refractivity contribution in [2.75, 3.05) is 0 Å². The van der Waals surface area contributed by atoms with Gasteiger partial charge in [0, 0.05) is 16.5 Å². The van der Waals surface area contributed by atoms with Crippen molar-refractivity contribution in [3.8, 4) is 0 Å². The molecule has 1 aliphatic carbocycles. The van der Waals surface area contributed by atoms with Crippen LogP contribution in [0.25, 0.3) is 0 Å². The van der Waals surface area contributed by atoms with Gasteiger partial charge in [0.15, 0.2) is 0 Å². The molecule has 0 N–H and O–H groups in total. The van der Waals surface area contributed by atoms with E-state index in [4.69, 9.17) is 0 Å². The summed E-state index contributed by atoms with van der Waals surface area (Å²) < 4.78 is 0. The zero-order valence-corrected chi connectivity index (χ0v) is 11.7. The van der Waals surface area contributed by atoms with Crippen molar-refractivity contribution in [2.45, 2.75) is 64.7 Å². The lowest BCUT2D eigenvalue weighted by molar-refractivity contribution is 0.350. The second-order valence-electron chi connectivity index (χ2n) is 6.27. The van der Waals surface area contributed by atoms with Crippen LogP contribution in [-0.2, 0) is 5.41 Å². The van der Waals surface area contributed by atoms with Crippen LogP contribution in [0.5, 0.6) is 0 Å². The summed E-state index contributed by atoms with van der Waals surface area (Å²) >= 11 is 1.94. The normalized spacial score (nSPS) is 27.0. The molecule has 0 radical (unpaired) electrons. The Labute approximate surface area is 103 Å². The van der Waals surface area contributed by atoms with Crippen LogP contribution in [0.3, 0.4) is 0 Å². The Balaban J connectivity index is 2.08. The monoisotopic (exact) mass is 237 g/mol. The van der Waals surface area contributed by atoms with Crippen LogP contribution < -0.4 is 0 Å². The van der Waals surface area contributed by atoms with Gasteiger partial charge < -0.3 is 0 Å². The van der Waals surface area contributed by atoms with Crippen molar-refractivity contribution in [3.63, 3.8) is 0 Å². The Morgan fingerprint density at radius 2 is 1.81 bits per heavy atom. The molecule has 2 heteroatoms. The van der Waals surface area contributed by atoms with Gasteiger partial charge in [0.1, 0.15) is 0 Å². The first-order valence-corrected chi connectivity index (χ1v) is 7.24. The summed E-state index contributed by atoms with van der Waals surface area (Å²) in [4.78, 5) is 6.13. The molecule has 0 bridgehead atoms.